The molecule has 0 spiro atoms. The Morgan fingerprint density at radius 1 is 1.16 bits per heavy atom. The molecule has 0 saturated heterocycles. The van der Waals surface area contributed by atoms with Crippen molar-refractivity contribution in [3.05, 3.63) is 36.4 Å². The third kappa shape index (κ3) is 3.82. The van der Waals surface area contributed by atoms with Gasteiger partial charge in [0.05, 0.1) is 17.5 Å². The molecule has 2 aromatic rings. The molecule has 1 saturated carbocycles. The molecule has 1 aliphatic heterocycles. The van der Waals surface area contributed by atoms with Crippen LogP contribution in [0.1, 0.15) is 25.0 Å². The fraction of sp³-hybridized carbons (Fsp3) is 0.562. The molecular formula is C16H22N6O2S. The first kappa shape index (κ1) is 16.5. The van der Waals surface area contributed by atoms with Crippen molar-refractivity contribution in [1.29, 1.82) is 0 Å². The summed E-state index contributed by atoms with van der Waals surface area (Å²) in [4.78, 5) is 10.9. The number of hydrogen-bond donors (Lipinski definition) is 1. The molecule has 0 amide bonds. The number of nitrogens with one attached hydrogen (secondary N) is 1. The van der Waals surface area contributed by atoms with E-state index in [0.29, 0.717) is 19.0 Å². The zero-order valence-corrected chi connectivity index (χ0v) is 14.8. The van der Waals surface area contributed by atoms with Gasteiger partial charge in [-0.1, -0.05) is 0 Å². The molecule has 1 fully saturated rings. The minimum atomic E-state index is -3.12. The normalized spacial score (nSPS) is 21.0. The minimum absolute atomic E-state index is 0.173. The highest BCUT2D eigenvalue weighted by atomic mass is 32.2. The van der Waals surface area contributed by atoms with Crippen molar-refractivity contribution in [3.63, 3.8) is 0 Å². The summed E-state index contributed by atoms with van der Waals surface area (Å²) in [5.41, 5.74) is 1.12. The number of hydrogen-bond acceptors (Lipinski definition) is 6. The lowest BCUT2D eigenvalue weighted by atomic mass is 10.1. The summed E-state index contributed by atoms with van der Waals surface area (Å²) in [6, 6.07) is 3.81. The molecule has 3 heterocycles. The van der Waals surface area contributed by atoms with Crippen molar-refractivity contribution in [3.8, 4) is 0 Å². The highest BCUT2D eigenvalue weighted by molar-refractivity contribution is 7.90. The third-order valence-corrected chi connectivity index (χ3v) is 6.68. The van der Waals surface area contributed by atoms with E-state index in [2.05, 4.69) is 24.7 Å². The number of aromatic nitrogens is 4. The van der Waals surface area contributed by atoms with Gasteiger partial charge in [-0.3, -0.25) is 4.68 Å². The fourth-order valence-corrected chi connectivity index (χ4v) is 4.62. The quantitative estimate of drug-likeness (QED) is 0.816. The Morgan fingerprint density at radius 3 is 2.72 bits per heavy atom. The summed E-state index contributed by atoms with van der Waals surface area (Å²) in [6.45, 7) is 2.72. The minimum Gasteiger partial charge on any atom is -0.335 e. The predicted octanol–water partition coefficient (Wildman–Crippen LogP) is 0.781. The Labute approximate surface area is 147 Å². The topological polar surface area (TPSA) is 93.0 Å². The van der Waals surface area contributed by atoms with Crippen LogP contribution >= 0.6 is 0 Å². The monoisotopic (exact) mass is 362 g/mol. The lowest BCUT2D eigenvalue weighted by molar-refractivity contribution is 0.406. The average molecular weight is 362 g/mol. The maximum Gasteiger partial charge on any atom is 0.225 e. The fourth-order valence-electron chi connectivity index (χ4n) is 3.22. The van der Waals surface area contributed by atoms with Crippen molar-refractivity contribution in [1.82, 2.24) is 24.5 Å². The van der Waals surface area contributed by atoms with Crippen LogP contribution in [-0.2, 0) is 23.1 Å². The Hall–Kier alpha value is -2.00. The van der Waals surface area contributed by atoms with Crippen molar-refractivity contribution < 1.29 is 8.42 Å². The smallest absolute Gasteiger partial charge is 0.225 e. The van der Waals surface area contributed by atoms with Gasteiger partial charge in [0, 0.05) is 38.2 Å². The molecule has 4 rings (SSSR count). The Balaban J connectivity index is 1.45. The van der Waals surface area contributed by atoms with Crippen LogP contribution in [0, 0.1) is 5.92 Å². The van der Waals surface area contributed by atoms with Crippen molar-refractivity contribution >= 4 is 16.0 Å². The molecular weight excluding hydrogens is 340 g/mol. The van der Waals surface area contributed by atoms with E-state index >= 15 is 0 Å². The summed E-state index contributed by atoms with van der Waals surface area (Å²) >= 11 is 0. The first-order chi connectivity index (χ1) is 12.1. The second-order valence-corrected chi connectivity index (χ2v) is 8.77. The number of sulfonamides is 1. The van der Waals surface area contributed by atoms with Crippen LogP contribution in [-0.4, -0.2) is 46.5 Å². The van der Waals surface area contributed by atoms with Gasteiger partial charge in [0.25, 0.3) is 0 Å². The molecule has 2 aliphatic rings. The maximum absolute atomic E-state index is 12.0. The molecule has 0 aromatic carbocycles. The van der Waals surface area contributed by atoms with Crippen molar-refractivity contribution in [2.45, 2.75) is 37.6 Å². The van der Waals surface area contributed by atoms with Gasteiger partial charge < -0.3 is 4.90 Å². The van der Waals surface area contributed by atoms with E-state index in [1.165, 1.54) is 0 Å². The SMILES string of the molecule is O=S(=O)(NCC[C@H]1CN(c2ncccn2)Cc2ccnn2C1)C1CC1. The van der Waals surface area contributed by atoms with Crippen LogP contribution in [0.2, 0.25) is 0 Å². The van der Waals surface area contributed by atoms with E-state index in [1.807, 2.05) is 10.7 Å². The van der Waals surface area contributed by atoms with Crippen molar-refractivity contribution in [2.75, 3.05) is 18.0 Å². The van der Waals surface area contributed by atoms with E-state index in [9.17, 15) is 8.42 Å². The summed E-state index contributed by atoms with van der Waals surface area (Å²) in [5.74, 6) is 0.965. The lowest BCUT2D eigenvalue weighted by Crippen LogP contribution is -2.33. The molecule has 0 radical (unpaired) electrons. The number of nitrogens with zero attached hydrogens (tertiary/aromatic N) is 5. The first-order valence-corrected chi connectivity index (χ1v) is 10.2. The molecule has 1 N–H and O–H groups in total. The van der Waals surface area contributed by atoms with Gasteiger partial charge in [-0.15, -0.1) is 0 Å². The van der Waals surface area contributed by atoms with Gasteiger partial charge in [0.15, 0.2) is 0 Å². The van der Waals surface area contributed by atoms with E-state index in [-0.39, 0.29) is 11.2 Å². The Bertz CT molecular complexity index is 818. The lowest BCUT2D eigenvalue weighted by Gasteiger charge is -2.24. The molecule has 134 valence electrons. The van der Waals surface area contributed by atoms with E-state index in [0.717, 1.165) is 38.0 Å². The molecule has 9 heteroatoms. The van der Waals surface area contributed by atoms with Gasteiger partial charge in [-0.05, 0) is 37.3 Å². The van der Waals surface area contributed by atoms with Gasteiger partial charge >= 0.3 is 0 Å². The molecule has 2 aromatic heterocycles. The highest BCUT2D eigenvalue weighted by Gasteiger charge is 2.35. The Kier molecular flexibility index (Phi) is 4.43. The average Bonchev–Trinajstić information content (AvgIpc) is 3.41. The standard InChI is InChI=1S/C16H22N6O2S/c23-25(24,15-2-3-15)20-9-4-13-10-21(16-17-6-1-7-18-16)12-14-5-8-19-22(14)11-13/h1,5-8,13,15,20H,2-4,9-12H2/t13-/m0/s1. The molecule has 1 atom stereocenters. The van der Waals surface area contributed by atoms with Gasteiger partial charge in [-0.25, -0.2) is 23.1 Å². The largest absolute Gasteiger partial charge is 0.335 e. The van der Waals surface area contributed by atoms with Crippen LogP contribution in [0.3, 0.4) is 0 Å². The highest BCUT2D eigenvalue weighted by Crippen LogP contribution is 2.27. The summed E-state index contributed by atoms with van der Waals surface area (Å²) < 4.78 is 28.7. The zero-order chi connectivity index (χ0) is 17.3. The van der Waals surface area contributed by atoms with Crippen LogP contribution in [0.5, 0.6) is 0 Å². The summed E-state index contributed by atoms with van der Waals surface area (Å²) in [7, 11) is -3.12. The van der Waals surface area contributed by atoms with Crippen LogP contribution in [0.15, 0.2) is 30.7 Å². The number of fused-ring (bicyclic) bond motifs is 1. The Morgan fingerprint density at radius 2 is 1.96 bits per heavy atom. The molecule has 8 nitrogen and oxygen atoms in total. The van der Waals surface area contributed by atoms with Gasteiger partial charge in [0.2, 0.25) is 16.0 Å². The third-order valence-electron chi connectivity index (χ3n) is 4.72. The molecule has 0 unspecified atom stereocenters. The molecule has 25 heavy (non-hydrogen) atoms. The van der Waals surface area contributed by atoms with E-state index < -0.39 is 10.0 Å². The van der Waals surface area contributed by atoms with E-state index in [1.54, 1.807) is 24.7 Å². The molecule has 1 aliphatic carbocycles. The van der Waals surface area contributed by atoms with Crippen molar-refractivity contribution in [2.24, 2.45) is 5.92 Å². The van der Waals surface area contributed by atoms with Gasteiger partial charge in [0.1, 0.15) is 0 Å². The number of rotatable bonds is 6. The van der Waals surface area contributed by atoms with Crippen LogP contribution in [0.4, 0.5) is 5.95 Å². The second kappa shape index (κ2) is 6.72. The van der Waals surface area contributed by atoms with Crippen LogP contribution < -0.4 is 9.62 Å². The van der Waals surface area contributed by atoms with Crippen LogP contribution in [0.25, 0.3) is 0 Å². The summed E-state index contributed by atoms with van der Waals surface area (Å²) in [5, 5.41) is 4.23. The summed E-state index contributed by atoms with van der Waals surface area (Å²) in [6.07, 6.45) is 7.61. The van der Waals surface area contributed by atoms with Gasteiger partial charge in [-0.2, -0.15) is 5.10 Å². The first-order valence-electron chi connectivity index (χ1n) is 8.63. The number of anilines is 1. The maximum atomic E-state index is 12.0. The zero-order valence-electron chi connectivity index (χ0n) is 14.0. The van der Waals surface area contributed by atoms with E-state index in [4.69, 9.17) is 0 Å². The second-order valence-electron chi connectivity index (χ2n) is 6.73. The molecule has 0 bridgehead atoms. The predicted molar refractivity (Wildman–Crippen MR) is 93.4 cm³/mol.